The molecule has 0 aromatic carbocycles. The average Bonchev–Trinajstić information content (AvgIpc) is 3.20. The highest BCUT2D eigenvalue weighted by atomic mass is 16.5. The number of carbonyl (C=O) groups excluding carboxylic acids is 1. The molecule has 1 aromatic rings. The summed E-state index contributed by atoms with van der Waals surface area (Å²) in [5, 5.41) is 0. The van der Waals surface area contributed by atoms with Gasteiger partial charge in [-0.15, -0.1) is 0 Å². The summed E-state index contributed by atoms with van der Waals surface area (Å²) in [7, 11) is 1.40. The van der Waals surface area contributed by atoms with Gasteiger partial charge in [0.05, 0.1) is 18.4 Å². The second-order valence-corrected chi connectivity index (χ2v) is 4.57. The molecule has 2 aliphatic rings. The van der Waals surface area contributed by atoms with Gasteiger partial charge in [0.25, 0.3) is 0 Å². The zero-order valence-electron chi connectivity index (χ0n) is 9.27. The predicted molar refractivity (Wildman–Crippen MR) is 57.3 cm³/mol. The highest BCUT2D eigenvalue weighted by Gasteiger charge is 2.33. The van der Waals surface area contributed by atoms with Crippen molar-refractivity contribution < 1.29 is 9.53 Å². The van der Waals surface area contributed by atoms with Crippen molar-refractivity contribution in [3.8, 4) is 0 Å². The summed E-state index contributed by atoms with van der Waals surface area (Å²) < 4.78 is 4.75. The van der Waals surface area contributed by atoms with Crippen molar-refractivity contribution >= 4 is 5.97 Å². The van der Waals surface area contributed by atoms with Crippen LogP contribution in [0.2, 0.25) is 0 Å². The topological polar surface area (TPSA) is 52.1 Å². The van der Waals surface area contributed by atoms with E-state index in [1.54, 1.807) is 6.20 Å². The molecule has 4 nitrogen and oxygen atoms in total. The summed E-state index contributed by atoms with van der Waals surface area (Å²) in [6, 6.07) is 0. The van der Waals surface area contributed by atoms with Crippen LogP contribution >= 0.6 is 0 Å². The minimum atomic E-state index is -0.316. The molecule has 16 heavy (non-hydrogen) atoms. The Morgan fingerprint density at radius 1 is 1.31 bits per heavy atom. The minimum absolute atomic E-state index is 0.316. The first-order valence-corrected chi connectivity index (χ1v) is 5.74. The van der Waals surface area contributed by atoms with Crippen molar-refractivity contribution in [2.24, 2.45) is 0 Å². The number of ether oxygens (including phenoxy) is 1. The Balaban J connectivity index is 1.99. The lowest BCUT2D eigenvalue weighted by atomic mass is 10.1. The van der Waals surface area contributed by atoms with E-state index in [-0.39, 0.29) is 5.97 Å². The molecule has 1 heterocycles. The Hall–Kier alpha value is -1.45. The first-order chi connectivity index (χ1) is 7.79. The maximum Gasteiger partial charge on any atom is 0.341 e. The molecular formula is C12H14N2O2. The van der Waals surface area contributed by atoms with Crippen LogP contribution in [-0.2, 0) is 4.74 Å². The molecule has 0 unspecified atom stereocenters. The normalized spacial score (nSPS) is 19.6. The van der Waals surface area contributed by atoms with E-state index in [1.807, 2.05) is 0 Å². The van der Waals surface area contributed by atoms with Gasteiger partial charge in [0.1, 0.15) is 5.82 Å². The van der Waals surface area contributed by atoms with Crippen molar-refractivity contribution in [3.05, 3.63) is 23.3 Å². The van der Waals surface area contributed by atoms with E-state index in [1.165, 1.54) is 20.0 Å². The summed E-state index contributed by atoms with van der Waals surface area (Å²) in [5.41, 5.74) is 1.46. The van der Waals surface area contributed by atoms with E-state index in [9.17, 15) is 4.79 Å². The number of esters is 1. The zero-order valence-corrected chi connectivity index (χ0v) is 9.27. The molecule has 0 spiro atoms. The summed E-state index contributed by atoms with van der Waals surface area (Å²) in [4.78, 5) is 20.4. The monoisotopic (exact) mass is 218 g/mol. The molecule has 0 aliphatic heterocycles. The van der Waals surface area contributed by atoms with Gasteiger partial charge in [-0.3, -0.25) is 0 Å². The Labute approximate surface area is 94.1 Å². The predicted octanol–water partition coefficient (Wildman–Crippen LogP) is 2.02. The fourth-order valence-corrected chi connectivity index (χ4v) is 1.88. The molecule has 0 atom stereocenters. The fourth-order valence-electron chi connectivity index (χ4n) is 1.88. The van der Waals surface area contributed by atoms with E-state index in [0.717, 1.165) is 24.4 Å². The standard InChI is InChI=1S/C12H14N2O2/c1-16-12(15)9-6-13-11(8-4-5-8)14-10(9)7-2-3-7/h6-8H,2-5H2,1H3. The van der Waals surface area contributed by atoms with E-state index < -0.39 is 0 Å². The van der Waals surface area contributed by atoms with E-state index in [2.05, 4.69) is 9.97 Å². The van der Waals surface area contributed by atoms with Gasteiger partial charge < -0.3 is 4.74 Å². The highest BCUT2D eigenvalue weighted by Crippen LogP contribution is 2.43. The third-order valence-electron chi connectivity index (χ3n) is 3.15. The number of methoxy groups -OCH3 is 1. The summed E-state index contributed by atoms with van der Waals surface area (Å²) >= 11 is 0. The molecule has 4 heteroatoms. The third-order valence-corrected chi connectivity index (χ3v) is 3.15. The Bertz CT molecular complexity index is 437. The van der Waals surface area contributed by atoms with Crippen LogP contribution in [0, 0.1) is 0 Å². The van der Waals surface area contributed by atoms with Crippen LogP contribution in [0.1, 0.15) is 59.4 Å². The van der Waals surface area contributed by atoms with Crippen molar-refractivity contribution in [1.82, 2.24) is 9.97 Å². The SMILES string of the molecule is COC(=O)c1cnc(C2CC2)nc1C1CC1. The second kappa shape index (κ2) is 3.54. The molecule has 2 saturated carbocycles. The highest BCUT2D eigenvalue weighted by molar-refractivity contribution is 5.90. The second-order valence-electron chi connectivity index (χ2n) is 4.57. The van der Waals surface area contributed by atoms with Gasteiger partial charge in [0, 0.05) is 18.0 Å². The fraction of sp³-hybridized carbons (Fsp3) is 0.583. The molecular weight excluding hydrogens is 204 g/mol. The number of rotatable bonds is 3. The Kier molecular flexibility index (Phi) is 2.16. The first-order valence-electron chi connectivity index (χ1n) is 5.74. The van der Waals surface area contributed by atoms with Crippen LogP contribution in [0.25, 0.3) is 0 Å². The van der Waals surface area contributed by atoms with E-state index in [0.29, 0.717) is 17.4 Å². The molecule has 0 radical (unpaired) electrons. The van der Waals surface area contributed by atoms with Gasteiger partial charge >= 0.3 is 5.97 Å². The van der Waals surface area contributed by atoms with Gasteiger partial charge in [-0.2, -0.15) is 0 Å². The van der Waals surface area contributed by atoms with Crippen molar-refractivity contribution in [1.29, 1.82) is 0 Å². The first kappa shape index (κ1) is 9.75. The van der Waals surface area contributed by atoms with Crippen LogP contribution in [0.15, 0.2) is 6.20 Å². The minimum Gasteiger partial charge on any atom is -0.465 e. The van der Waals surface area contributed by atoms with Gasteiger partial charge in [0.2, 0.25) is 0 Å². The maximum atomic E-state index is 11.6. The molecule has 0 N–H and O–H groups in total. The molecule has 2 aliphatic carbocycles. The van der Waals surface area contributed by atoms with Gasteiger partial charge in [-0.1, -0.05) is 0 Å². The zero-order chi connectivity index (χ0) is 11.1. The number of hydrogen-bond donors (Lipinski definition) is 0. The number of nitrogens with zero attached hydrogens (tertiary/aromatic N) is 2. The maximum absolute atomic E-state index is 11.6. The molecule has 84 valence electrons. The van der Waals surface area contributed by atoms with Crippen LogP contribution in [0.5, 0.6) is 0 Å². The lowest BCUT2D eigenvalue weighted by Crippen LogP contribution is -2.10. The smallest absolute Gasteiger partial charge is 0.341 e. The lowest BCUT2D eigenvalue weighted by Gasteiger charge is -2.07. The Morgan fingerprint density at radius 2 is 2.00 bits per heavy atom. The molecule has 3 rings (SSSR count). The van der Waals surface area contributed by atoms with Crippen LogP contribution < -0.4 is 0 Å². The summed E-state index contributed by atoms with van der Waals surface area (Å²) in [6.45, 7) is 0. The van der Waals surface area contributed by atoms with E-state index >= 15 is 0 Å². The van der Waals surface area contributed by atoms with Crippen molar-refractivity contribution in [2.45, 2.75) is 37.5 Å². The van der Waals surface area contributed by atoms with Crippen molar-refractivity contribution in [2.75, 3.05) is 7.11 Å². The average molecular weight is 218 g/mol. The van der Waals surface area contributed by atoms with Crippen molar-refractivity contribution in [3.63, 3.8) is 0 Å². The van der Waals surface area contributed by atoms with E-state index in [4.69, 9.17) is 4.74 Å². The van der Waals surface area contributed by atoms with Crippen LogP contribution in [-0.4, -0.2) is 23.0 Å². The third kappa shape index (κ3) is 1.68. The van der Waals surface area contributed by atoms with Gasteiger partial charge in [0.15, 0.2) is 0 Å². The molecule has 1 aromatic heterocycles. The van der Waals surface area contributed by atoms with Gasteiger partial charge in [-0.05, 0) is 25.7 Å². The van der Waals surface area contributed by atoms with Crippen LogP contribution in [0.3, 0.4) is 0 Å². The number of hydrogen-bond acceptors (Lipinski definition) is 4. The van der Waals surface area contributed by atoms with Gasteiger partial charge in [-0.25, -0.2) is 14.8 Å². The quantitative estimate of drug-likeness (QED) is 0.728. The molecule has 0 saturated heterocycles. The van der Waals surface area contributed by atoms with Crippen LogP contribution in [0.4, 0.5) is 0 Å². The summed E-state index contributed by atoms with van der Waals surface area (Å²) in [6.07, 6.45) is 6.26. The summed E-state index contributed by atoms with van der Waals surface area (Å²) in [5.74, 6) is 1.58. The Morgan fingerprint density at radius 3 is 2.56 bits per heavy atom. The molecule has 0 amide bonds. The molecule has 2 fully saturated rings. The lowest BCUT2D eigenvalue weighted by molar-refractivity contribution is 0.0598. The largest absolute Gasteiger partial charge is 0.465 e. The number of aromatic nitrogens is 2. The number of carbonyl (C=O) groups is 1. The molecule has 0 bridgehead atoms.